The molecule has 0 aliphatic heterocycles. The molecule has 2 atom stereocenters. The van der Waals surface area contributed by atoms with Crippen molar-refractivity contribution in [3.05, 3.63) is 34.9 Å². The number of rotatable bonds is 8. The van der Waals surface area contributed by atoms with Crippen molar-refractivity contribution in [2.75, 3.05) is 13.2 Å². The minimum absolute atomic E-state index is 0.216. The lowest BCUT2D eigenvalue weighted by Crippen LogP contribution is -2.37. The Balaban J connectivity index is 3.05. The number of hydrogen-bond acceptors (Lipinski definition) is 2. The molecule has 0 radical (unpaired) electrons. The Hall–Kier alpha value is -0.860. The Morgan fingerprint density at radius 3 is 2.30 bits per heavy atom. The normalized spacial score (nSPS) is 14.6. The fraction of sp³-hybridized carbons (Fsp3) is 0.667. The summed E-state index contributed by atoms with van der Waals surface area (Å²) in [6.45, 7) is 14.9. The molecule has 2 nitrogen and oxygen atoms in total. The molecular formula is C18H31NO. The van der Waals surface area contributed by atoms with Crippen LogP contribution in [0.1, 0.15) is 56.8 Å². The summed E-state index contributed by atoms with van der Waals surface area (Å²) in [4.78, 5) is 0. The number of ether oxygens (including phenoxy) is 1. The zero-order valence-electron chi connectivity index (χ0n) is 14.0. The summed E-state index contributed by atoms with van der Waals surface area (Å²) >= 11 is 0. The lowest BCUT2D eigenvalue weighted by Gasteiger charge is -2.31. The Morgan fingerprint density at radius 2 is 1.80 bits per heavy atom. The van der Waals surface area contributed by atoms with Gasteiger partial charge in [-0.3, -0.25) is 0 Å². The minimum Gasteiger partial charge on any atom is -0.376 e. The van der Waals surface area contributed by atoms with Crippen LogP contribution >= 0.6 is 0 Å². The zero-order valence-corrected chi connectivity index (χ0v) is 14.0. The summed E-state index contributed by atoms with van der Waals surface area (Å²) in [5.74, 6) is 0.492. The second kappa shape index (κ2) is 8.43. The third-order valence-electron chi connectivity index (χ3n) is 3.85. The summed E-state index contributed by atoms with van der Waals surface area (Å²) in [5, 5.41) is 3.67. The molecule has 0 aliphatic carbocycles. The third kappa shape index (κ3) is 4.60. The third-order valence-corrected chi connectivity index (χ3v) is 3.85. The molecule has 0 aromatic heterocycles. The van der Waals surface area contributed by atoms with E-state index < -0.39 is 0 Å². The van der Waals surface area contributed by atoms with E-state index in [0.717, 1.165) is 19.6 Å². The van der Waals surface area contributed by atoms with Crippen LogP contribution in [0.4, 0.5) is 0 Å². The summed E-state index contributed by atoms with van der Waals surface area (Å²) in [7, 11) is 0. The highest BCUT2D eigenvalue weighted by Gasteiger charge is 2.26. The molecule has 1 aromatic rings. The molecule has 0 saturated heterocycles. The van der Waals surface area contributed by atoms with Gasteiger partial charge in [0.2, 0.25) is 0 Å². The van der Waals surface area contributed by atoms with Gasteiger partial charge in [0.25, 0.3) is 0 Å². The molecule has 20 heavy (non-hydrogen) atoms. The highest BCUT2D eigenvalue weighted by Crippen LogP contribution is 2.26. The average molecular weight is 277 g/mol. The molecule has 0 aliphatic rings. The number of aryl methyl sites for hydroxylation is 2. The van der Waals surface area contributed by atoms with Gasteiger partial charge in [-0.25, -0.2) is 0 Å². The van der Waals surface area contributed by atoms with E-state index in [1.807, 2.05) is 0 Å². The number of nitrogens with one attached hydrogen (secondary N) is 1. The highest BCUT2D eigenvalue weighted by atomic mass is 16.5. The van der Waals surface area contributed by atoms with E-state index in [1.54, 1.807) is 0 Å². The van der Waals surface area contributed by atoms with Crippen LogP contribution in [0.2, 0.25) is 0 Å². The fourth-order valence-electron chi connectivity index (χ4n) is 2.55. The summed E-state index contributed by atoms with van der Waals surface area (Å²) < 4.78 is 6.02. The van der Waals surface area contributed by atoms with E-state index in [2.05, 4.69) is 65.1 Å². The summed E-state index contributed by atoms with van der Waals surface area (Å²) in [6, 6.07) is 7.03. The van der Waals surface area contributed by atoms with Gasteiger partial charge in [0.15, 0.2) is 0 Å². The van der Waals surface area contributed by atoms with Gasteiger partial charge in [-0.15, -0.1) is 0 Å². The average Bonchev–Trinajstić information content (AvgIpc) is 2.41. The monoisotopic (exact) mass is 277 g/mol. The second-order valence-corrected chi connectivity index (χ2v) is 5.94. The number of hydrogen-bond donors (Lipinski definition) is 1. The van der Waals surface area contributed by atoms with E-state index in [9.17, 15) is 0 Å². The predicted molar refractivity (Wildman–Crippen MR) is 87.2 cm³/mol. The van der Waals surface area contributed by atoms with Gasteiger partial charge >= 0.3 is 0 Å². The number of benzene rings is 1. The first kappa shape index (κ1) is 17.2. The van der Waals surface area contributed by atoms with Crippen LogP contribution in [-0.2, 0) is 4.74 Å². The first-order valence-electron chi connectivity index (χ1n) is 7.93. The molecule has 0 saturated carbocycles. The van der Waals surface area contributed by atoms with Gasteiger partial charge in [-0.1, -0.05) is 39.0 Å². The van der Waals surface area contributed by atoms with Crippen molar-refractivity contribution in [3.63, 3.8) is 0 Å². The van der Waals surface area contributed by atoms with Gasteiger partial charge in [0, 0.05) is 6.61 Å². The zero-order chi connectivity index (χ0) is 15.1. The largest absolute Gasteiger partial charge is 0.376 e. The van der Waals surface area contributed by atoms with Crippen LogP contribution in [0, 0.1) is 19.8 Å². The molecule has 1 rings (SSSR count). The molecule has 1 aromatic carbocycles. The molecule has 2 unspecified atom stereocenters. The Labute approximate surface area is 124 Å². The molecule has 1 N–H and O–H groups in total. The van der Waals surface area contributed by atoms with Crippen LogP contribution in [0.3, 0.4) is 0 Å². The molecule has 0 bridgehead atoms. The van der Waals surface area contributed by atoms with Crippen molar-refractivity contribution >= 4 is 0 Å². The van der Waals surface area contributed by atoms with Crippen molar-refractivity contribution in [1.82, 2.24) is 5.32 Å². The SMILES string of the molecule is CCCNC(c1ccc(C)c(C)c1)C(OCC)C(C)C. The van der Waals surface area contributed by atoms with Crippen LogP contribution in [0.5, 0.6) is 0 Å². The molecule has 0 fully saturated rings. The van der Waals surface area contributed by atoms with Gasteiger partial charge < -0.3 is 10.1 Å². The topological polar surface area (TPSA) is 21.3 Å². The van der Waals surface area contributed by atoms with Crippen LogP contribution in [0.15, 0.2) is 18.2 Å². The molecule has 0 amide bonds. The maximum atomic E-state index is 6.02. The van der Waals surface area contributed by atoms with Crippen LogP contribution in [0.25, 0.3) is 0 Å². The van der Waals surface area contributed by atoms with Crippen molar-refractivity contribution in [1.29, 1.82) is 0 Å². The first-order valence-corrected chi connectivity index (χ1v) is 7.93. The van der Waals surface area contributed by atoms with Gasteiger partial charge in [0.1, 0.15) is 0 Å². The van der Waals surface area contributed by atoms with Crippen LogP contribution in [-0.4, -0.2) is 19.3 Å². The maximum absolute atomic E-state index is 6.02. The Bertz CT molecular complexity index is 400. The van der Waals surface area contributed by atoms with Gasteiger partial charge in [-0.05, 0) is 56.3 Å². The summed E-state index contributed by atoms with van der Waals surface area (Å²) in [6.07, 6.45) is 1.35. The molecule has 0 heterocycles. The van der Waals surface area contributed by atoms with E-state index in [4.69, 9.17) is 4.74 Å². The highest BCUT2D eigenvalue weighted by molar-refractivity contribution is 5.32. The minimum atomic E-state index is 0.216. The molecule has 2 heteroatoms. The Morgan fingerprint density at radius 1 is 1.10 bits per heavy atom. The first-order chi connectivity index (χ1) is 9.51. The second-order valence-electron chi connectivity index (χ2n) is 5.94. The van der Waals surface area contributed by atoms with Crippen molar-refractivity contribution in [3.8, 4) is 0 Å². The molecule has 0 spiro atoms. The fourth-order valence-corrected chi connectivity index (χ4v) is 2.55. The van der Waals surface area contributed by atoms with Crippen molar-refractivity contribution < 1.29 is 4.74 Å². The molecular weight excluding hydrogens is 246 g/mol. The maximum Gasteiger partial charge on any atom is 0.0792 e. The standard InChI is InChI=1S/C18H31NO/c1-7-11-19-17(18(13(3)4)20-8-2)16-10-9-14(5)15(6)12-16/h9-10,12-13,17-19H,7-8,11H2,1-6H3. The van der Waals surface area contributed by atoms with Crippen molar-refractivity contribution in [2.45, 2.75) is 60.1 Å². The van der Waals surface area contributed by atoms with Crippen LogP contribution < -0.4 is 5.32 Å². The van der Waals surface area contributed by atoms with E-state index >= 15 is 0 Å². The lowest BCUT2D eigenvalue weighted by atomic mass is 9.91. The van der Waals surface area contributed by atoms with Gasteiger partial charge in [-0.2, -0.15) is 0 Å². The summed E-state index contributed by atoms with van der Waals surface area (Å²) in [5.41, 5.74) is 4.04. The quantitative estimate of drug-likeness (QED) is 0.760. The molecule has 114 valence electrons. The van der Waals surface area contributed by atoms with Gasteiger partial charge in [0.05, 0.1) is 12.1 Å². The predicted octanol–water partition coefficient (Wildman–Crippen LogP) is 4.41. The van der Waals surface area contributed by atoms with Crippen molar-refractivity contribution in [2.24, 2.45) is 5.92 Å². The van der Waals surface area contributed by atoms with E-state index in [1.165, 1.54) is 16.7 Å². The smallest absolute Gasteiger partial charge is 0.0792 e. The van der Waals surface area contributed by atoms with E-state index in [-0.39, 0.29) is 12.1 Å². The van der Waals surface area contributed by atoms with E-state index in [0.29, 0.717) is 5.92 Å². The Kier molecular flexibility index (Phi) is 7.25. The lowest BCUT2D eigenvalue weighted by molar-refractivity contribution is 0.00282.